The number of benzene rings is 2. The SMILES string of the molecule is COc1cccc(C(=O)NC(C)c2ccccc2)c1O. The number of hydrogen-bond acceptors (Lipinski definition) is 3. The number of para-hydroxylation sites is 1. The molecule has 4 nitrogen and oxygen atoms in total. The predicted molar refractivity (Wildman–Crippen MR) is 77.0 cm³/mol. The molecule has 1 atom stereocenters. The molecular formula is C16H17NO3. The van der Waals surface area contributed by atoms with E-state index in [0.29, 0.717) is 0 Å². The van der Waals surface area contributed by atoms with Crippen LogP contribution in [0.1, 0.15) is 28.9 Å². The van der Waals surface area contributed by atoms with Gasteiger partial charge in [0.25, 0.3) is 5.91 Å². The zero-order chi connectivity index (χ0) is 14.5. The van der Waals surface area contributed by atoms with Gasteiger partial charge in [-0.1, -0.05) is 36.4 Å². The molecule has 0 heterocycles. The molecule has 0 fully saturated rings. The lowest BCUT2D eigenvalue weighted by Gasteiger charge is -2.15. The number of aromatic hydroxyl groups is 1. The van der Waals surface area contributed by atoms with Gasteiger partial charge >= 0.3 is 0 Å². The fourth-order valence-corrected chi connectivity index (χ4v) is 1.97. The molecule has 0 saturated heterocycles. The van der Waals surface area contributed by atoms with Gasteiger partial charge in [-0.05, 0) is 24.6 Å². The number of hydrogen-bond donors (Lipinski definition) is 2. The fraction of sp³-hybridized carbons (Fsp3) is 0.188. The fourth-order valence-electron chi connectivity index (χ4n) is 1.97. The van der Waals surface area contributed by atoms with Crippen molar-refractivity contribution >= 4 is 5.91 Å². The van der Waals surface area contributed by atoms with E-state index >= 15 is 0 Å². The Hall–Kier alpha value is -2.49. The monoisotopic (exact) mass is 271 g/mol. The summed E-state index contributed by atoms with van der Waals surface area (Å²) in [4.78, 5) is 12.2. The van der Waals surface area contributed by atoms with E-state index in [1.54, 1.807) is 18.2 Å². The minimum absolute atomic E-state index is 0.144. The van der Waals surface area contributed by atoms with Gasteiger partial charge in [0.05, 0.1) is 18.7 Å². The Balaban J connectivity index is 2.17. The van der Waals surface area contributed by atoms with Crippen molar-refractivity contribution in [3.05, 3.63) is 59.7 Å². The van der Waals surface area contributed by atoms with E-state index in [0.717, 1.165) is 5.56 Å². The zero-order valence-corrected chi connectivity index (χ0v) is 11.5. The van der Waals surface area contributed by atoms with Crippen LogP contribution in [0, 0.1) is 0 Å². The quantitative estimate of drug-likeness (QED) is 0.899. The third-order valence-corrected chi connectivity index (χ3v) is 3.11. The summed E-state index contributed by atoms with van der Waals surface area (Å²) >= 11 is 0. The van der Waals surface area contributed by atoms with Crippen LogP contribution in [0.4, 0.5) is 0 Å². The van der Waals surface area contributed by atoms with E-state index < -0.39 is 0 Å². The summed E-state index contributed by atoms with van der Waals surface area (Å²) in [6, 6.07) is 14.3. The van der Waals surface area contributed by atoms with E-state index in [4.69, 9.17) is 4.74 Å². The second-order valence-corrected chi connectivity index (χ2v) is 4.46. The van der Waals surface area contributed by atoms with Gasteiger partial charge in [0.1, 0.15) is 0 Å². The van der Waals surface area contributed by atoms with Crippen LogP contribution in [0.2, 0.25) is 0 Å². The second kappa shape index (κ2) is 6.10. The third-order valence-electron chi connectivity index (χ3n) is 3.11. The van der Waals surface area contributed by atoms with Gasteiger partial charge in [0.2, 0.25) is 0 Å². The average molecular weight is 271 g/mol. The van der Waals surface area contributed by atoms with Crippen molar-refractivity contribution in [1.82, 2.24) is 5.32 Å². The molecule has 2 aromatic carbocycles. The van der Waals surface area contributed by atoms with Crippen molar-refractivity contribution in [3.63, 3.8) is 0 Å². The van der Waals surface area contributed by atoms with E-state index in [9.17, 15) is 9.90 Å². The molecule has 0 aromatic heterocycles. The molecule has 0 aliphatic carbocycles. The van der Waals surface area contributed by atoms with Crippen LogP contribution >= 0.6 is 0 Å². The maximum atomic E-state index is 12.2. The molecule has 0 radical (unpaired) electrons. The van der Waals surface area contributed by atoms with Gasteiger partial charge in [0, 0.05) is 0 Å². The number of methoxy groups -OCH3 is 1. The van der Waals surface area contributed by atoms with Crippen LogP contribution in [0.25, 0.3) is 0 Å². The Morgan fingerprint density at radius 3 is 2.50 bits per heavy atom. The second-order valence-electron chi connectivity index (χ2n) is 4.46. The van der Waals surface area contributed by atoms with Gasteiger partial charge in [0.15, 0.2) is 11.5 Å². The Bertz CT molecular complexity index is 596. The first kappa shape index (κ1) is 13.9. The van der Waals surface area contributed by atoms with Crippen molar-refractivity contribution < 1.29 is 14.6 Å². The summed E-state index contributed by atoms with van der Waals surface area (Å²) in [5.74, 6) is -0.199. The average Bonchev–Trinajstić information content (AvgIpc) is 2.48. The molecule has 0 bridgehead atoms. The number of phenolic OH excluding ortho intramolecular Hbond substituents is 1. The molecule has 0 aliphatic rings. The smallest absolute Gasteiger partial charge is 0.255 e. The molecule has 4 heteroatoms. The van der Waals surface area contributed by atoms with Crippen LogP contribution in [0.3, 0.4) is 0 Å². The number of rotatable bonds is 4. The Morgan fingerprint density at radius 2 is 1.85 bits per heavy atom. The highest BCUT2D eigenvalue weighted by Crippen LogP contribution is 2.29. The first-order valence-electron chi connectivity index (χ1n) is 6.35. The molecule has 104 valence electrons. The van der Waals surface area contributed by atoms with Gasteiger partial charge in [-0.25, -0.2) is 0 Å². The summed E-state index contributed by atoms with van der Waals surface area (Å²) in [5, 5.41) is 12.8. The summed E-state index contributed by atoms with van der Waals surface area (Å²) in [6.07, 6.45) is 0. The lowest BCUT2D eigenvalue weighted by Crippen LogP contribution is -2.26. The zero-order valence-electron chi connectivity index (χ0n) is 11.5. The molecule has 2 N–H and O–H groups in total. The van der Waals surface area contributed by atoms with E-state index in [-0.39, 0.29) is 29.0 Å². The van der Waals surface area contributed by atoms with Crippen molar-refractivity contribution in [2.24, 2.45) is 0 Å². The minimum Gasteiger partial charge on any atom is -0.504 e. The largest absolute Gasteiger partial charge is 0.504 e. The van der Waals surface area contributed by atoms with Gasteiger partial charge < -0.3 is 15.2 Å². The topological polar surface area (TPSA) is 58.6 Å². The first-order valence-corrected chi connectivity index (χ1v) is 6.35. The van der Waals surface area contributed by atoms with E-state index in [1.807, 2.05) is 37.3 Å². The standard InChI is InChI=1S/C16H17NO3/c1-11(12-7-4-3-5-8-12)17-16(19)13-9-6-10-14(20-2)15(13)18/h3-11,18H,1-2H3,(H,17,19). The molecular weight excluding hydrogens is 254 g/mol. The molecule has 2 rings (SSSR count). The van der Waals surface area contributed by atoms with Crippen molar-refractivity contribution in [2.45, 2.75) is 13.0 Å². The Labute approximate surface area is 118 Å². The molecule has 0 spiro atoms. The van der Waals surface area contributed by atoms with Gasteiger partial charge in [-0.2, -0.15) is 0 Å². The van der Waals surface area contributed by atoms with Crippen molar-refractivity contribution in [3.8, 4) is 11.5 Å². The van der Waals surface area contributed by atoms with Gasteiger partial charge in [-0.15, -0.1) is 0 Å². The lowest BCUT2D eigenvalue weighted by molar-refractivity contribution is 0.0936. The maximum Gasteiger partial charge on any atom is 0.255 e. The van der Waals surface area contributed by atoms with Gasteiger partial charge in [-0.3, -0.25) is 4.79 Å². The number of phenols is 1. The number of nitrogens with one attached hydrogen (secondary N) is 1. The molecule has 20 heavy (non-hydrogen) atoms. The predicted octanol–water partition coefficient (Wildman–Crippen LogP) is 2.89. The van der Waals surface area contributed by atoms with Crippen LogP contribution in [-0.4, -0.2) is 18.1 Å². The number of carbonyl (C=O) groups is 1. The number of carbonyl (C=O) groups excluding carboxylic acids is 1. The Kier molecular flexibility index (Phi) is 4.25. The van der Waals surface area contributed by atoms with Crippen LogP contribution in [0.15, 0.2) is 48.5 Å². The lowest BCUT2D eigenvalue weighted by atomic mass is 10.1. The highest BCUT2D eigenvalue weighted by Gasteiger charge is 2.17. The molecule has 1 unspecified atom stereocenters. The molecule has 0 aliphatic heterocycles. The summed E-state index contributed by atoms with van der Waals surface area (Å²) in [6.45, 7) is 1.89. The Morgan fingerprint density at radius 1 is 1.15 bits per heavy atom. The summed E-state index contributed by atoms with van der Waals surface area (Å²) in [7, 11) is 1.45. The van der Waals surface area contributed by atoms with Crippen molar-refractivity contribution in [1.29, 1.82) is 0 Å². The van der Waals surface area contributed by atoms with Crippen molar-refractivity contribution in [2.75, 3.05) is 7.11 Å². The van der Waals surface area contributed by atoms with E-state index in [1.165, 1.54) is 7.11 Å². The first-order chi connectivity index (χ1) is 9.63. The maximum absolute atomic E-state index is 12.2. The highest BCUT2D eigenvalue weighted by molar-refractivity contribution is 5.97. The summed E-state index contributed by atoms with van der Waals surface area (Å²) in [5.41, 5.74) is 1.20. The third kappa shape index (κ3) is 2.91. The number of ether oxygens (including phenoxy) is 1. The normalized spacial score (nSPS) is 11.7. The van der Waals surface area contributed by atoms with Crippen LogP contribution in [0.5, 0.6) is 11.5 Å². The van der Waals surface area contributed by atoms with Crippen LogP contribution < -0.4 is 10.1 Å². The highest BCUT2D eigenvalue weighted by atomic mass is 16.5. The molecule has 0 saturated carbocycles. The van der Waals surface area contributed by atoms with Crippen LogP contribution in [-0.2, 0) is 0 Å². The van der Waals surface area contributed by atoms with E-state index in [2.05, 4.69) is 5.32 Å². The molecule has 1 amide bonds. The molecule has 2 aromatic rings. The summed E-state index contributed by atoms with van der Waals surface area (Å²) < 4.78 is 5.00. The number of amides is 1. The minimum atomic E-state index is -0.335.